The smallest absolute Gasteiger partial charge is 0.233 e. The summed E-state index contributed by atoms with van der Waals surface area (Å²) in [5.41, 5.74) is 2.35. The topological polar surface area (TPSA) is 86.3 Å². The van der Waals surface area contributed by atoms with E-state index in [-0.39, 0.29) is 24.3 Å². The molecule has 1 amide bonds. The molecule has 0 bridgehead atoms. The molecule has 0 saturated heterocycles. The van der Waals surface area contributed by atoms with Gasteiger partial charge in [-0.1, -0.05) is 68.1 Å². The van der Waals surface area contributed by atoms with Crippen LogP contribution in [0.2, 0.25) is 0 Å². The maximum Gasteiger partial charge on any atom is 0.233 e. The van der Waals surface area contributed by atoms with E-state index in [1.54, 1.807) is 0 Å². The Balaban J connectivity index is 1.55. The summed E-state index contributed by atoms with van der Waals surface area (Å²) in [6.07, 6.45) is 0. The molecule has 170 valence electrons. The van der Waals surface area contributed by atoms with Crippen molar-refractivity contribution in [3.05, 3.63) is 71.5 Å². The number of nitrogens with zero attached hydrogens (tertiary/aromatic N) is 4. The highest BCUT2D eigenvalue weighted by Gasteiger charge is 2.19. The second kappa shape index (κ2) is 11.0. The summed E-state index contributed by atoms with van der Waals surface area (Å²) in [4.78, 5) is 14.7. The monoisotopic (exact) mass is 453 g/mol. The van der Waals surface area contributed by atoms with Crippen molar-refractivity contribution in [2.75, 3.05) is 11.6 Å². The molecule has 7 nitrogen and oxygen atoms in total. The molecule has 0 fully saturated rings. The van der Waals surface area contributed by atoms with Crippen LogP contribution < -0.4 is 10.6 Å². The van der Waals surface area contributed by atoms with Crippen LogP contribution >= 0.6 is 11.8 Å². The van der Waals surface area contributed by atoms with E-state index < -0.39 is 0 Å². The van der Waals surface area contributed by atoms with Gasteiger partial charge in [0, 0.05) is 12.6 Å². The molecule has 0 unspecified atom stereocenters. The molecular formula is C24H31N5O2S. The van der Waals surface area contributed by atoms with Crippen LogP contribution in [-0.4, -0.2) is 37.5 Å². The summed E-state index contributed by atoms with van der Waals surface area (Å²) in [6, 6.07) is 18.0. The van der Waals surface area contributed by atoms with E-state index in [1.165, 1.54) is 22.0 Å². The number of rotatable bonds is 10. The molecule has 3 aromatic rings. The van der Waals surface area contributed by atoms with Gasteiger partial charge in [0.1, 0.15) is 12.4 Å². The van der Waals surface area contributed by atoms with Gasteiger partial charge in [0.15, 0.2) is 5.82 Å². The standard InChI is InChI=1S/C24H31N5O2S/c1-17(2)20-10-12-21(13-11-20)31-15-22-26-27-24(29(22)25)32-16-23(30)28(18(3)4)14-19-8-6-5-7-9-19/h5-13,17-18H,14-16,25H2,1-4H3. The van der Waals surface area contributed by atoms with Crippen molar-refractivity contribution in [2.45, 2.75) is 58.0 Å². The van der Waals surface area contributed by atoms with Crippen molar-refractivity contribution in [1.82, 2.24) is 19.8 Å². The molecule has 0 saturated carbocycles. The molecular weight excluding hydrogens is 422 g/mol. The van der Waals surface area contributed by atoms with Crippen molar-refractivity contribution >= 4 is 17.7 Å². The molecule has 0 aliphatic rings. The number of carbonyl (C=O) groups is 1. The molecule has 2 aromatic carbocycles. The number of hydrogen-bond donors (Lipinski definition) is 1. The van der Waals surface area contributed by atoms with Gasteiger partial charge in [0.25, 0.3) is 0 Å². The first kappa shape index (κ1) is 23.7. The Morgan fingerprint density at radius 2 is 1.75 bits per heavy atom. The minimum atomic E-state index is 0.0277. The minimum absolute atomic E-state index is 0.0277. The summed E-state index contributed by atoms with van der Waals surface area (Å²) in [5, 5.41) is 8.73. The Morgan fingerprint density at radius 3 is 2.38 bits per heavy atom. The predicted molar refractivity (Wildman–Crippen MR) is 128 cm³/mol. The third-order valence-electron chi connectivity index (χ3n) is 5.11. The van der Waals surface area contributed by atoms with Gasteiger partial charge in [0.2, 0.25) is 11.1 Å². The Labute approximate surface area is 193 Å². The van der Waals surface area contributed by atoms with Crippen LogP contribution in [0, 0.1) is 0 Å². The SMILES string of the molecule is CC(C)c1ccc(OCc2nnc(SCC(=O)N(Cc3ccccc3)C(C)C)n2N)cc1. The number of benzene rings is 2. The molecule has 0 atom stereocenters. The van der Waals surface area contributed by atoms with Crippen molar-refractivity contribution in [1.29, 1.82) is 0 Å². The summed E-state index contributed by atoms with van der Waals surface area (Å²) in [7, 11) is 0. The number of nitrogen functional groups attached to an aromatic ring is 1. The zero-order valence-electron chi connectivity index (χ0n) is 19.1. The molecule has 2 N–H and O–H groups in total. The lowest BCUT2D eigenvalue weighted by atomic mass is 10.0. The zero-order chi connectivity index (χ0) is 23.1. The summed E-state index contributed by atoms with van der Waals surface area (Å²) < 4.78 is 7.18. The fraction of sp³-hybridized carbons (Fsp3) is 0.375. The van der Waals surface area contributed by atoms with E-state index in [2.05, 4.69) is 36.2 Å². The second-order valence-electron chi connectivity index (χ2n) is 8.17. The number of thioether (sulfide) groups is 1. The van der Waals surface area contributed by atoms with E-state index in [9.17, 15) is 4.79 Å². The highest BCUT2D eigenvalue weighted by atomic mass is 32.2. The summed E-state index contributed by atoms with van der Waals surface area (Å²) in [5.74, 6) is 8.12. The fourth-order valence-corrected chi connectivity index (χ4v) is 3.91. The lowest BCUT2D eigenvalue weighted by Gasteiger charge is -2.26. The largest absolute Gasteiger partial charge is 0.486 e. The minimum Gasteiger partial charge on any atom is -0.486 e. The summed E-state index contributed by atoms with van der Waals surface area (Å²) >= 11 is 1.28. The highest BCUT2D eigenvalue weighted by Crippen LogP contribution is 2.21. The molecule has 0 spiro atoms. The molecule has 3 rings (SSSR count). The molecule has 8 heteroatoms. The van der Waals surface area contributed by atoms with E-state index in [0.717, 1.165) is 11.3 Å². The van der Waals surface area contributed by atoms with Gasteiger partial charge >= 0.3 is 0 Å². The van der Waals surface area contributed by atoms with Crippen molar-refractivity contribution in [2.24, 2.45) is 0 Å². The summed E-state index contributed by atoms with van der Waals surface area (Å²) in [6.45, 7) is 9.10. The molecule has 32 heavy (non-hydrogen) atoms. The highest BCUT2D eigenvalue weighted by molar-refractivity contribution is 7.99. The van der Waals surface area contributed by atoms with E-state index in [4.69, 9.17) is 10.6 Å². The van der Waals surface area contributed by atoms with E-state index in [0.29, 0.717) is 23.4 Å². The van der Waals surface area contributed by atoms with Crippen LogP contribution in [0.15, 0.2) is 59.8 Å². The van der Waals surface area contributed by atoms with Gasteiger partial charge in [-0.3, -0.25) is 4.79 Å². The van der Waals surface area contributed by atoms with E-state index in [1.807, 2.05) is 61.2 Å². The lowest BCUT2D eigenvalue weighted by molar-refractivity contribution is -0.130. The van der Waals surface area contributed by atoms with Crippen molar-refractivity contribution < 1.29 is 9.53 Å². The maximum absolute atomic E-state index is 12.8. The van der Waals surface area contributed by atoms with Gasteiger partial charge in [-0.15, -0.1) is 10.2 Å². The number of nitrogens with two attached hydrogens (primary N) is 1. The quantitative estimate of drug-likeness (QED) is 0.365. The number of amides is 1. The Hall–Kier alpha value is -3.00. The molecule has 0 radical (unpaired) electrons. The Morgan fingerprint density at radius 1 is 1.06 bits per heavy atom. The molecule has 0 aliphatic carbocycles. The zero-order valence-corrected chi connectivity index (χ0v) is 19.9. The number of hydrogen-bond acceptors (Lipinski definition) is 6. The molecule has 0 aliphatic heterocycles. The van der Waals surface area contributed by atoms with Crippen molar-refractivity contribution in [3.8, 4) is 5.75 Å². The van der Waals surface area contributed by atoms with Crippen LogP contribution in [0.1, 0.15) is 50.6 Å². The van der Waals surface area contributed by atoms with Gasteiger partial charge < -0.3 is 15.5 Å². The van der Waals surface area contributed by atoms with Crippen LogP contribution in [0.25, 0.3) is 0 Å². The first-order valence-electron chi connectivity index (χ1n) is 10.7. The molecule has 1 heterocycles. The van der Waals surface area contributed by atoms with Gasteiger partial charge in [-0.2, -0.15) is 0 Å². The number of ether oxygens (including phenoxy) is 1. The third kappa shape index (κ3) is 6.26. The van der Waals surface area contributed by atoms with Gasteiger partial charge in [-0.25, -0.2) is 4.68 Å². The predicted octanol–water partition coefficient (Wildman–Crippen LogP) is 4.22. The Bertz CT molecular complexity index is 1000. The number of carbonyl (C=O) groups excluding carboxylic acids is 1. The van der Waals surface area contributed by atoms with Crippen LogP contribution in [0.5, 0.6) is 5.75 Å². The average molecular weight is 454 g/mol. The first-order valence-corrected chi connectivity index (χ1v) is 11.7. The van der Waals surface area contributed by atoms with Crippen molar-refractivity contribution in [3.63, 3.8) is 0 Å². The van der Waals surface area contributed by atoms with E-state index >= 15 is 0 Å². The van der Waals surface area contributed by atoms with Gasteiger partial charge in [0.05, 0.1) is 5.75 Å². The van der Waals surface area contributed by atoms with Crippen LogP contribution in [0.3, 0.4) is 0 Å². The van der Waals surface area contributed by atoms with Gasteiger partial charge in [-0.05, 0) is 43.0 Å². The van der Waals surface area contributed by atoms with Crippen LogP contribution in [-0.2, 0) is 17.9 Å². The normalized spacial score (nSPS) is 11.2. The van der Waals surface area contributed by atoms with Crippen LogP contribution in [0.4, 0.5) is 0 Å². The Kier molecular flexibility index (Phi) is 8.16. The third-order valence-corrected chi connectivity index (χ3v) is 6.04. The number of aromatic nitrogens is 3. The second-order valence-corrected chi connectivity index (χ2v) is 9.11. The average Bonchev–Trinajstić information content (AvgIpc) is 3.14. The lowest BCUT2D eigenvalue weighted by Crippen LogP contribution is -2.37. The first-order chi connectivity index (χ1) is 15.3. The maximum atomic E-state index is 12.8. The molecule has 1 aromatic heterocycles. The fourth-order valence-electron chi connectivity index (χ4n) is 3.15.